The number of hydrogen-bond donors (Lipinski definition) is 1. The molecule has 104 valence electrons. The van der Waals surface area contributed by atoms with Crippen LogP contribution in [-0.2, 0) is 11.3 Å². The highest BCUT2D eigenvalue weighted by Crippen LogP contribution is 2.27. The number of carboxylic acids is 1. The average molecular weight is 268 g/mol. The second-order valence-electron chi connectivity index (χ2n) is 4.14. The van der Waals surface area contributed by atoms with Gasteiger partial charge in [0, 0.05) is 19.2 Å². The fourth-order valence-electron chi connectivity index (χ4n) is 1.65. The predicted octanol–water partition coefficient (Wildman–Crippen LogP) is 1.51. The minimum atomic E-state index is -0.868. The SMILES string of the molecule is COc1ccc(CN(C)CCC(=O)O)cc1[N+](=O)[O-]. The highest BCUT2D eigenvalue weighted by molar-refractivity contribution is 5.66. The van der Waals surface area contributed by atoms with Crippen LogP contribution in [0.5, 0.6) is 5.75 Å². The molecule has 1 aromatic rings. The molecule has 0 aliphatic rings. The Morgan fingerprint density at radius 3 is 2.74 bits per heavy atom. The highest BCUT2D eigenvalue weighted by Gasteiger charge is 2.15. The van der Waals surface area contributed by atoms with Crippen LogP contribution in [0.4, 0.5) is 5.69 Å². The molecule has 0 atom stereocenters. The number of hydrogen-bond acceptors (Lipinski definition) is 5. The van der Waals surface area contributed by atoms with Gasteiger partial charge in [0.25, 0.3) is 0 Å². The van der Waals surface area contributed by atoms with Gasteiger partial charge in [-0.05, 0) is 18.7 Å². The molecular weight excluding hydrogens is 252 g/mol. The number of nitro benzene ring substituents is 1. The summed E-state index contributed by atoms with van der Waals surface area (Å²) in [5, 5.41) is 19.4. The van der Waals surface area contributed by atoms with Crippen molar-refractivity contribution in [2.75, 3.05) is 20.7 Å². The van der Waals surface area contributed by atoms with Crippen molar-refractivity contribution in [1.29, 1.82) is 0 Å². The number of carbonyl (C=O) groups is 1. The lowest BCUT2D eigenvalue weighted by molar-refractivity contribution is -0.385. The zero-order valence-corrected chi connectivity index (χ0v) is 10.8. The van der Waals surface area contributed by atoms with Gasteiger partial charge in [0.05, 0.1) is 18.5 Å². The van der Waals surface area contributed by atoms with E-state index >= 15 is 0 Å². The van der Waals surface area contributed by atoms with Crippen molar-refractivity contribution in [1.82, 2.24) is 4.90 Å². The molecule has 0 fully saturated rings. The second kappa shape index (κ2) is 6.69. The molecule has 0 radical (unpaired) electrons. The fraction of sp³-hybridized carbons (Fsp3) is 0.417. The summed E-state index contributed by atoms with van der Waals surface area (Å²) < 4.78 is 4.91. The first-order chi connectivity index (χ1) is 8.93. The van der Waals surface area contributed by atoms with Crippen molar-refractivity contribution in [3.05, 3.63) is 33.9 Å². The van der Waals surface area contributed by atoms with Crippen LogP contribution in [0.25, 0.3) is 0 Å². The Morgan fingerprint density at radius 1 is 1.53 bits per heavy atom. The lowest BCUT2D eigenvalue weighted by Gasteiger charge is -2.15. The summed E-state index contributed by atoms with van der Waals surface area (Å²) in [4.78, 5) is 22.6. The summed E-state index contributed by atoms with van der Waals surface area (Å²) in [7, 11) is 3.14. The third kappa shape index (κ3) is 4.55. The topological polar surface area (TPSA) is 92.9 Å². The number of methoxy groups -OCH3 is 1. The number of ether oxygens (including phenoxy) is 1. The van der Waals surface area contributed by atoms with Gasteiger partial charge >= 0.3 is 11.7 Å². The van der Waals surface area contributed by atoms with Gasteiger partial charge in [-0.3, -0.25) is 14.9 Å². The number of nitrogens with zero attached hydrogens (tertiary/aromatic N) is 2. The predicted molar refractivity (Wildman–Crippen MR) is 68.2 cm³/mol. The maximum Gasteiger partial charge on any atom is 0.311 e. The molecular formula is C12H16N2O5. The van der Waals surface area contributed by atoms with Crippen LogP contribution in [-0.4, -0.2) is 41.6 Å². The molecule has 0 heterocycles. The minimum Gasteiger partial charge on any atom is -0.490 e. The molecule has 1 N–H and O–H groups in total. The maximum atomic E-state index is 10.9. The summed E-state index contributed by atoms with van der Waals surface area (Å²) in [5.41, 5.74) is 0.645. The van der Waals surface area contributed by atoms with Crippen LogP contribution in [0.15, 0.2) is 18.2 Å². The molecule has 0 aliphatic heterocycles. The first kappa shape index (κ1) is 14.9. The van der Waals surface area contributed by atoms with Gasteiger partial charge in [0.1, 0.15) is 0 Å². The molecule has 0 saturated heterocycles. The second-order valence-corrected chi connectivity index (χ2v) is 4.14. The van der Waals surface area contributed by atoms with E-state index in [-0.39, 0.29) is 17.9 Å². The van der Waals surface area contributed by atoms with Crippen molar-refractivity contribution >= 4 is 11.7 Å². The van der Waals surface area contributed by atoms with E-state index in [0.29, 0.717) is 13.1 Å². The Kier molecular flexibility index (Phi) is 5.25. The van der Waals surface area contributed by atoms with Crippen LogP contribution < -0.4 is 4.74 Å². The number of carboxylic acid groups (broad SMARTS) is 1. The van der Waals surface area contributed by atoms with Gasteiger partial charge in [0.15, 0.2) is 5.75 Å². The van der Waals surface area contributed by atoms with E-state index in [9.17, 15) is 14.9 Å². The van der Waals surface area contributed by atoms with Crippen molar-refractivity contribution in [2.45, 2.75) is 13.0 Å². The zero-order chi connectivity index (χ0) is 14.4. The van der Waals surface area contributed by atoms with Gasteiger partial charge in [-0.25, -0.2) is 0 Å². The Bertz CT molecular complexity index is 475. The summed E-state index contributed by atoms with van der Waals surface area (Å²) in [6.45, 7) is 0.827. The molecule has 0 unspecified atom stereocenters. The third-order valence-corrected chi connectivity index (χ3v) is 2.60. The monoisotopic (exact) mass is 268 g/mol. The van der Waals surface area contributed by atoms with E-state index in [4.69, 9.17) is 9.84 Å². The highest BCUT2D eigenvalue weighted by atomic mass is 16.6. The molecule has 0 saturated carbocycles. The summed E-state index contributed by atoms with van der Waals surface area (Å²) in [5.74, 6) is -0.658. The maximum absolute atomic E-state index is 10.9. The molecule has 0 bridgehead atoms. The Labute approximate surface area is 110 Å². The Morgan fingerprint density at radius 2 is 2.21 bits per heavy atom. The molecule has 0 spiro atoms. The first-order valence-corrected chi connectivity index (χ1v) is 5.65. The van der Waals surface area contributed by atoms with E-state index < -0.39 is 10.9 Å². The van der Waals surface area contributed by atoms with Gasteiger partial charge in [-0.1, -0.05) is 6.07 Å². The molecule has 7 heteroatoms. The lowest BCUT2D eigenvalue weighted by atomic mass is 10.1. The smallest absolute Gasteiger partial charge is 0.311 e. The summed E-state index contributed by atoms with van der Waals surface area (Å²) in [6, 6.07) is 4.71. The van der Waals surface area contributed by atoms with Crippen LogP contribution in [0.1, 0.15) is 12.0 Å². The molecule has 0 amide bonds. The van der Waals surface area contributed by atoms with Gasteiger partial charge < -0.3 is 14.7 Å². The minimum absolute atomic E-state index is 0.0365. The molecule has 0 aliphatic carbocycles. The number of rotatable bonds is 7. The van der Waals surface area contributed by atoms with Crippen molar-refractivity contribution < 1.29 is 19.6 Å². The van der Waals surface area contributed by atoms with Crippen LogP contribution in [0, 0.1) is 10.1 Å². The lowest BCUT2D eigenvalue weighted by Crippen LogP contribution is -2.21. The molecule has 7 nitrogen and oxygen atoms in total. The summed E-state index contributed by atoms with van der Waals surface area (Å²) in [6.07, 6.45) is 0.0365. The molecule has 1 aromatic carbocycles. The van der Waals surface area contributed by atoms with Gasteiger partial charge in [-0.15, -0.1) is 0 Å². The van der Waals surface area contributed by atoms with Crippen LogP contribution in [0.3, 0.4) is 0 Å². The number of nitro groups is 1. The molecule has 1 rings (SSSR count). The van der Waals surface area contributed by atoms with E-state index in [0.717, 1.165) is 5.56 Å². The van der Waals surface area contributed by atoms with Crippen molar-refractivity contribution in [2.24, 2.45) is 0 Å². The normalized spacial score (nSPS) is 10.5. The first-order valence-electron chi connectivity index (χ1n) is 5.65. The van der Waals surface area contributed by atoms with Crippen LogP contribution in [0.2, 0.25) is 0 Å². The van der Waals surface area contributed by atoms with Gasteiger partial charge in [-0.2, -0.15) is 0 Å². The fourth-order valence-corrected chi connectivity index (χ4v) is 1.65. The summed E-state index contributed by atoms with van der Waals surface area (Å²) >= 11 is 0. The van der Waals surface area contributed by atoms with E-state index in [2.05, 4.69) is 0 Å². The van der Waals surface area contributed by atoms with E-state index in [1.807, 2.05) is 0 Å². The molecule has 0 aromatic heterocycles. The van der Waals surface area contributed by atoms with E-state index in [1.54, 1.807) is 24.1 Å². The Balaban J connectivity index is 2.76. The Hall–Kier alpha value is -2.15. The average Bonchev–Trinajstić information content (AvgIpc) is 2.36. The number of benzene rings is 1. The zero-order valence-electron chi connectivity index (χ0n) is 10.8. The van der Waals surface area contributed by atoms with E-state index in [1.165, 1.54) is 13.2 Å². The number of aliphatic carboxylic acids is 1. The van der Waals surface area contributed by atoms with Crippen molar-refractivity contribution in [3.8, 4) is 5.75 Å². The standard InChI is InChI=1S/C12H16N2O5/c1-13(6-5-12(15)16)8-9-3-4-11(19-2)10(7-9)14(17)18/h3-4,7H,5-6,8H2,1-2H3,(H,15,16). The largest absolute Gasteiger partial charge is 0.490 e. The van der Waals surface area contributed by atoms with Crippen LogP contribution >= 0.6 is 0 Å². The van der Waals surface area contributed by atoms with Crippen molar-refractivity contribution in [3.63, 3.8) is 0 Å². The third-order valence-electron chi connectivity index (χ3n) is 2.60. The van der Waals surface area contributed by atoms with Gasteiger partial charge in [0.2, 0.25) is 0 Å². The quantitative estimate of drug-likeness (QED) is 0.595. The molecule has 19 heavy (non-hydrogen) atoms.